The second-order valence-corrected chi connectivity index (χ2v) is 5.64. The molecule has 0 radical (unpaired) electrons. The van der Waals surface area contributed by atoms with E-state index in [4.69, 9.17) is 27.9 Å². The molecule has 0 N–H and O–H groups in total. The molecule has 112 valence electrons. The molecule has 0 amide bonds. The van der Waals surface area contributed by atoms with Gasteiger partial charge in [0.15, 0.2) is 0 Å². The second kappa shape index (κ2) is 7.67. The molecule has 0 fully saturated rings. The topological polar surface area (TPSA) is 9.23 Å². The molecule has 0 spiro atoms. The van der Waals surface area contributed by atoms with Gasteiger partial charge in [-0.25, -0.2) is 4.39 Å². The summed E-state index contributed by atoms with van der Waals surface area (Å²) in [5, 5.41) is 0.188. The van der Waals surface area contributed by atoms with E-state index in [0.717, 1.165) is 23.3 Å². The maximum atomic E-state index is 13.5. The van der Waals surface area contributed by atoms with Crippen molar-refractivity contribution in [1.82, 2.24) is 0 Å². The summed E-state index contributed by atoms with van der Waals surface area (Å²) < 4.78 is 18.8. The zero-order valence-corrected chi connectivity index (χ0v) is 13.3. The van der Waals surface area contributed by atoms with E-state index in [-0.39, 0.29) is 16.8 Å². The van der Waals surface area contributed by atoms with E-state index in [1.807, 2.05) is 30.3 Å². The maximum absolute atomic E-state index is 13.5. The zero-order valence-electron chi connectivity index (χ0n) is 11.8. The summed E-state index contributed by atoms with van der Waals surface area (Å²) in [4.78, 5) is 0. The van der Waals surface area contributed by atoms with Gasteiger partial charge < -0.3 is 4.74 Å². The minimum Gasteiger partial charge on any atom is -0.496 e. The second-order valence-electron chi connectivity index (χ2n) is 4.95. The predicted octanol–water partition coefficient (Wildman–Crippen LogP) is 5.13. The average Bonchev–Trinajstić information content (AvgIpc) is 2.51. The molecule has 0 saturated carbocycles. The number of rotatable bonds is 6. The van der Waals surface area contributed by atoms with Crippen LogP contribution in [0.4, 0.5) is 4.39 Å². The molecule has 1 unspecified atom stereocenters. The van der Waals surface area contributed by atoms with Crippen LogP contribution in [0, 0.1) is 11.7 Å². The largest absolute Gasteiger partial charge is 0.496 e. The lowest BCUT2D eigenvalue weighted by Gasteiger charge is -2.17. The molecule has 4 heteroatoms. The van der Waals surface area contributed by atoms with Crippen molar-refractivity contribution in [3.05, 3.63) is 64.4 Å². The SMILES string of the molecule is COc1ccccc1CC(CCl)Cc1cccc(F)c1Cl. The fourth-order valence-corrected chi connectivity index (χ4v) is 2.80. The number of benzene rings is 2. The minimum atomic E-state index is -0.389. The predicted molar refractivity (Wildman–Crippen MR) is 86.0 cm³/mol. The summed E-state index contributed by atoms with van der Waals surface area (Å²) in [5.41, 5.74) is 1.88. The van der Waals surface area contributed by atoms with Crippen LogP contribution in [0.5, 0.6) is 5.75 Å². The quantitative estimate of drug-likeness (QED) is 0.669. The van der Waals surface area contributed by atoms with Crippen molar-refractivity contribution in [2.45, 2.75) is 12.8 Å². The van der Waals surface area contributed by atoms with Crippen LogP contribution in [-0.2, 0) is 12.8 Å². The van der Waals surface area contributed by atoms with Gasteiger partial charge in [-0.15, -0.1) is 11.6 Å². The Balaban J connectivity index is 2.15. The van der Waals surface area contributed by atoms with E-state index in [0.29, 0.717) is 12.3 Å². The van der Waals surface area contributed by atoms with Crippen LogP contribution >= 0.6 is 23.2 Å². The Morgan fingerprint density at radius 3 is 2.43 bits per heavy atom. The van der Waals surface area contributed by atoms with Gasteiger partial charge in [0.05, 0.1) is 12.1 Å². The van der Waals surface area contributed by atoms with Crippen molar-refractivity contribution >= 4 is 23.2 Å². The molecule has 2 aromatic carbocycles. The third kappa shape index (κ3) is 4.12. The number of ether oxygens (including phenoxy) is 1. The highest BCUT2D eigenvalue weighted by molar-refractivity contribution is 6.31. The Bertz CT molecular complexity index is 601. The molecule has 0 aromatic heterocycles. The molecule has 2 aromatic rings. The summed E-state index contributed by atoms with van der Waals surface area (Å²) in [6.45, 7) is 0. The highest BCUT2D eigenvalue weighted by Gasteiger charge is 2.15. The molecule has 0 heterocycles. The van der Waals surface area contributed by atoms with Crippen LogP contribution in [0.3, 0.4) is 0 Å². The van der Waals surface area contributed by atoms with Crippen LogP contribution in [0.15, 0.2) is 42.5 Å². The van der Waals surface area contributed by atoms with E-state index in [9.17, 15) is 4.39 Å². The summed E-state index contributed by atoms with van der Waals surface area (Å²) in [6.07, 6.45) is 1.40. The first kappa shape index (κ1) is 16.1. The lowest BCUT2D eigenvalue weighted by Crippen LogP contribution is -2.11. The molecule has 21 heavy (non-hydrogen) atoms. The van der Waals surface area contributed by atoms with Crippen LogP contribution in [-0.4, -0.2) is 13.0 Å². The lowest BCUT2D eigenvalue weighted by molar-refractivity contribution is 0.405. The van der Waals surface area contributed by atoms with Crippen LogP contribution in [0.25, 0.3) is 0 Å². The van der Waals surface area contributed by atoms with E-state index >= 15 is 0 Å². The molecular weight excluding hydrogens is 310 g/mol. The van der Waals surface area contributed by atoms with E-state index in [1.165, 1.54) is 6.07 Å². The molecule has 1 nitrogen and oxygen atoms in total. The Morgan fingerprint density at radius 2 is 1.71 bits per heavy atom. The molecule has 2 rings (SSSR count). The van der Waals surface area contributed by atoms with Crippen LogP contribution in [0.1, 0.15) is 11.1 Å². The summed E-state index contributed by atoms with van der Waals surface area (Å²) >= 11 is 12.1. The average molecular weight is 327 g/mol. The number of halogens is 3. The van der Waals surface area contributed by atoms with E-state index in [1.54, 1.807) is 13.2 Å². The van der Waals surface area contributed by atoms with Crippen LogP contribution < -0.4 is 4.74 Å². The highest BCUT2D eigenvalue weighted by atomic mass is 35.5. The molecular formula is C17H17Cl2FO. The number of hydrogen-bond donors (Lipinski definition) is 0. The first-order valence-electron chi connectivity index (χ1n) is 6.76. The first-order valence-corrected chi connectivity index (χ1v) is 7.67. The Labute approximate surface area is 134 Å². The third-order valence-corrected chi connectivity index (χ3v) is 4.32. The standard InChI is InChI=1S/C17H17Cl2FO/c1-21-16-8-3-2-5-13(16)9-12(11-18)10-14-6-4-7-15(20)17(14)19/h2-8,12H,9-11H2,1H3. The fourth-order valence-electron chi connectivity index (χ4n) is 2.38. The summed E-state index contributed by atoms with van der Waals surface area (Å²) in [7, 11) is 1.65. The van der Waals surface area contributed by atoms with Crippen molar-refractivity contribution < 1.29 is 9.13 Å². The Morgan fingerprint density at radius 1 is 1.05 bits per heavy atom. The molecule has 0 aliphatic heterocycles. The molecule has 0 bridgehead atoms. The minimum absolute atomic E-state index is 0.169. The van der Waals surface area contributed by atoms with Crippen molar-refractivity contribution in [2.75, 3.05) is 13.0 Å². The van der Waals surface area contributed by atoms with E-state index in [2.05, 4.69) is 0 Å². The zero-order chi connectivity index (χ0) is 15.2. The normalized spacial score (nSPS) is 12.2. The van der Waals surface area contributed by atoms with Gasteiger partial charge in [0.25, 0.3) is 0 Å². The van der Waals surface area contributed by atoms with Crippen molar-refractivity contribution in [3.8, 4) is 5.75 Å². The van der Waals surface area contributed by atoms with Gasteiger partial charge in [0.1, 0.15) is 11.6 Å². The molecule has 0 aliphatic carbocycles. The monoisotopic (exact) mass is 326 g/mol. The van der Waals surface area contributed by atoms with Gasteiger partial charge in [-0.2, -0.15) is 0 Å². The fraction of sp³-hybridized carbons (Fsp3) is 0.294. The molecule has 0 saturated heterocycles. The number of alkyl halides is 1. The molecule has 0 aliphatic rings. The number of hydrogen-bond acceptors (Lipinski definition) is 1. The summed E-state index contributed by atoms with van der Waals surface area (Å²) in [6, 6.07) is 12.7. The van der Waals surface area contributed by atoms with Crippen molar-refractivity contribution in [1.29, 1.82) is 0 Å². The van der Waals surface area contributed by atoms with Crippen molar-refractivity contribution in [2.24, 2.45) is 5.92 Å². The number of methoxy groups -OCH3 is 1. The smallest absolute Gasteiger partial charge is 0.142 e. The van der Waals surface area contributed by atoms with Crippen LogP contribution in [0.2, 0.25) is 5.02 Å². The van der Waals surface area contributed by atoms with Gasteiger partial charge in [0.2, 0.25) is 0 Å². The Kier molecular flexibility index (Phi) is 5.89. The van der Waals surface area contributed by atoms with Gasteiger partial charge in [-0.1, -0.05) is 41.9 Å². The third-order valence-electron chi connectivity index (χ3n) is 3.46. The summed E-state index contributed by atoms with van der Waals surface area (Å²) in [5.74, 6) is 1.10. The van der Waals surface area contributed by atoms with Gasteiger partial charge in [0, 0.05) is 5.88 Å². The van der Waals surface area contributed by atoms with Crippen molar-refractivity contribution in [3.63, 3.8) is 0 Å². The van der Waals surface area contributed by atoms with Gasteiger partial charge >= 0.3 is 0 Å². The number of para-hydroxylation sites is 1. The van der Waals surface area contributed by atoms with Gasteiger partial charge in [-0.3, -0.25) is 0 Å². The van der Waals surface area contributed by atoms with E-state index < -0.39 is 0 Å². The Hall–Kier alpha value is -1.25. The van der Waals surface area contributed by atoms with Gasteiger partial charge in [-0.05, 0) is 42.0 Å². The first-order chi connectivity index (χ1) is 10.2. The molecule has 1 atom stereocenters. The lowest BCUT2D eigenvalue weighted by atomic mass is 9.93. The maximum Gasteiger partial charge on any atom is 0.142 e. The highest BCUT2D eigenvalue weighted by Crippen LogP contribution is 2.27.